The van der Waals surface area contributed by atoms with Crippen LogP contribution in [0.4, 0.5) is 0 Å². The summed E-state index contributed by atoms with van der Waals surface area (Å²) >= 11 is 0. The summed E-state index contributed by atoms with van der Waals surface area (Å²) in [4.78, 5) is 5.33. The molecule has 63 heavy (non-hydrogen) atoms. The Morgan fingerprint density at radius 3 is 1.83 bits per heavy atom. The minimum atomic E-state index is -0.0209. The van der Waals surface area contributed by atoms with Crippen molar-refractivity contribution >= 4 is 21.9 Å². The molecule has 0 amide bonds. The molecule has 0 N–H and O–H groups in total. The summed E-state index contributed by atoms with van der Waals surface area (Å²) in [5.41, 5.74) is 22.0. The monoisotopic (exact) mass is 810 g/mol. The molecule has 3 nitrogen and oxygen atoms in total. The molecule has 0 unspecified atom stereocenters. The molecule has 4 saturated carbocycles. The van der Waals surface area contributed by atoms with Crippen LogP contribution in [0.3, 0.4) is 0 Å². The summed E-state index contributed by atoms with van der Waals surface area (Å²) in [5, 5.41) is 12.6. The van der Waals surface area contributed by atoms with Crippen LogP contribution in [0.2, 0.25) is 0 Å². The fourth-order valence-electron chi connectivity index (χ4n) is 13.2. The Hall–Kier alpha value is -7.02. The summed E-state index contributed by atoms with van der Waals surface area (Å²) in [5.74, 6) is 2.96. The molecule has 4 fully saturated rings. The molecule has 0 aliphatic heterocycles. The first-order chi connectivity index (χ1) is 30.9. The summed E-state index contributed by atoms with van der Waals surface area (Å²) in [6.45, 7) is 4.40. The number of nitrogens with zero attached hydrogens (tertiary/aromatic N) is 2. The van der Waals surface area contributed by atoms with Crippen molar-refractivity contribution < 1.29 is 4.42 Å². The average Bonchev–Trinajstić information content (AvgIpc) is 3.85. The summed E-state index contributed by atoms with van der Waals surface area (Å²) < 4.78 is 6.16. The second-order valence-corrected chi connectivity index (χ2v) is 19.1. The summed E-state index contributed by atoms with van der Waals surface area (Å²) in [6, 6.07) is 60.0. The van der Waals surface area contributed by atoms with Crippen LogP contribution in [-0.4, -0.2) is 4.98 Å². The number of hydrogen-bond donors (Lipinski definition) is 0. The van der Waals surface area contributed by atoms with Crippen LogP contribution in [0.1, 0.15) is 59.9 Å². The quantitative estimate of drug-likeness (QED) is 0.174. The highest BCUT2D eigenvalue weighted by molar-refractivity contribution is 6.06. The lowest BCUT2D eigenvalue weighted by atomic mass is 9.43. The molecule has 4 bridgehead atoms. The number of nitriles is 1. The van der Waals surface area contributed by atoms with E-state index in [0.717, 1.165) is 84.1 Å². The molecule has 7 aromatic carbocycles. The maximum absolute atomic E-state index is 10.4. The number of furan rings is 1. The van der Waals surface area contributed by atoms with Gasteiger partial charge in [0.15, 0.2) is 0 Å². The van der Waals surface area contributed by atoms with Gasteiger partial charge in [-0.2, -0.15) is 5.26 Å². The molecule has 9 aromatic rings. The summed E-state index contributed by atoms with van der Waals surface area (Å²) in [6.07, 6.45) is 6.67. The van der Waals surface area contributed by atoms with E-state index in [1.807, 2.05) is 12.1 Å². The Morgan fingerprint density at radius 1 is 0.492 bits per heavy atom. The maximum Gasteiger partial charge on any atom is 0.135 e. The smallest absolute Gasteiger partial charge is 0.135 e. The third-order valence-corrected chi connectivity index (χ3v) is 15.9. The van der Waals surface area contributed by atoms with Crippen LogP contribution in [0, 0.1) is 48.9 Å². The first kappa shape index (κ1) is 36.6. The number of fused-ring (bicyclic) bond motifs is 6. The first-order valence-electron chi connectivity index (χ1n) is 22.8. The Bertz CT molecular complexity index is 3370. The molecule has 0 saturated heterocycles. The first-order valence-corrected chi connectivity index (χ1v) is 22.8. The number of rotatable bonds is 5. The Labute approximate surface area is 368 Å². The third kappa shape index (κ3) is 5.47. The van der Waals surface area contributed by atoms with Gasteiger partial charge in [0.05, 0.1) is 23.0 Å². The van der Waals surface area contributed by atoms with Gasteiger partial charge in [0.25, 0.3) is 0 Å². The van der Waals surface area contributed by atoms with E-state index in [2.05, 4.69) is 166 Å². The van der Waals surface area contributed by atoms with Crippen LogP contribution in [0.15, 0.2) is 162 Å². The maximum atomic E-state index is 10.4. The Morgan fingerprint density at radius 2 is 1.08 bits per heavy atom. The van der Waals surface area contributed by atoms with Gasteiger partial charge >= 0.3 is 0 Å². The van der Waals surface area contributed by atoms with Gasteiger partial charge in [-0.1, -0.05) is 103 Å². The van der Waals surface area contributed by atoms with E-state index >= 15 is 0 Å². The molecule has 2 aromatic heterocycles. The van der Waals surface area contributed by atoms with Gasteiger partial charge in [-0.3, -0.25) is 0 Å². The molecule has 0 radical (unpaired) electrons. The molecule has 5 aliphatic rings. The van der Waals surface area contributed by atoms with E-state index in [4.69, 9.17) is 9.40 Å². The minimum Gasteiger partial charge on any atom is -0.456 e. The molecule has 2 heterocycles. The third-order valence-electron chi connectivity index (χ3n) is 15.9. The zero-order chi connectivity index (χ0) is 42.0. The predicted molar refractivity (Wildman–Crippen MR) is 256 cm³/mol. The number of pyridine rings is 1. The number of para-hydroxylation sites is 1. The van der Waals surface area contributed by atoms with E-state index in [9.17, 15) is 5.26 Å². The average molecular weight is 811 g/mol. The topological polar surface area (TPSA) is 49.8 Å². The van der Waals surface area contributed by atoms with Gasteiger partial charge in [0.2, 0.25) is 0 Å². The fraction of sp³-hybridized carbons (Fsp3) is 0.200. The lowest BCUT2D eigenvalue weighted by Gasteiger charge is -2.61. The Balaban J connectivity index is 0.925. The normalized spacial score (nSPS) is 21.5. The van der Waals surface area contributed by atoms with Crippen LogP contribution in [0.5, 0.6) is 0 Å². The van der Waals surface area contributed by atoms with E-state index in [-0.39, 0.29) is 5.41 Å². The largest absolute Gasteiger partial charge is 0.456 e. The van der Waals surface area contributed by atoms with E-state index in [1.54, 1.807) is 0 Å². The highest BCUT2D eigenvalue weighted by Gasteiger charge is 2.62. The standard InChI is InChI=1S/C60H46N2O/c1-35-36(2)59-51-20-18-44(30-53(51)60(54(59)31-47(35)34-61)48-23-37-22-38(25-48)26-49(60)24-37)40-12-8-14-42(27-40)46-32-55(39-10-4-3-5-11-39)62-56(33-46)45-15-9-13-41(28-45)43-19-21-58-52(29-43)50-16-6-7-17-57(50)63-58/h3-21,27-33,37-38,48-49H,22-26H2,1-2H3. The molecule has 302 valence electrons. The van der Waals surface area contributed by atoms with Crippen LogP contribution in [-0.2, 0) is 5.41 Å². The van der Waals surface area contributed by atoms with E-state index < -0.39 is 0 Å². The van der Waals surface area contributed by atoms with Gasteiger partial charge in [0, 0.05) is 27.3 Å². The number of benzene rings is 7. The molecule has 14 rings (SSSR count). The van der Waals surface area contributed by atoms with Crippen molar-refractivity contribution in [3.63, 3.8) is 0 Å². The van der Waals surface area contributed by atoms with Crippen LogP contribution < -0.4 is 0 Å². The molecular formula is C60H46N2O. The highest BCUT2D eigenvalue weighted by Crippen LogP contribution is 2.70. The SMILES string of the molecule is Cc1c(C#N)cc2c(c1C)-c1ccc(-c3cccc(-c4cc(-c5ccccc5)nc(-c5cccc(-c6ccc7oc8ccccc8c7c6)c5)c4)c3)cc1C21C2CC3CC(C2)CC1C3. The van der Waals surface area contributed by atoms with Crippen LogP contribution in [0.25, 0.3) is 89.0 Å². The minimum absolute atomic E-state index is 0.0209. The van der Waals surface area contributed by atoms with Gasteiger partial charge in [-0.25, -0.2) is 4.98 Å². The van der Waals surface area contributed by atoms with Crippen molar-refractivity contribution in [3.05, 3.63) is 186 Å². The van der Waals surface area contributed by atoms with Crippen molar-refractivity contribution in [1.82, 2.24) is 4.98 Å². The lowest BCUT2D eigenvalue weighted by Crippen LogP contribution is -2.55. The predicted octanol–water partition coefficient (Wildman–Crippen LogP) is 15.5. The number of hydrogen-bond acceptors (Lipinski definition) is 3. The van der Waals surface area contributed by atoms with Gasteiger partial charge in [-0.05, 0) is 191 Å². The van der Waals surface area contributed by atoms with Gasteiger partial charge in [0.1, 0.15) is 11.2 Å². The molecular weight excluding hydrogens is 765 g/mol. The lowest BCUT2D eigenvalue weighted by molar-refractivity contribution is -0.0399. The highest BCUT2D eigenvalue weighted by atomic mass is 16.3. The van der Waals surface area contributed by atoms with E-state index in [1.165, 1.54) is 76.6 Å². The van der Waals surface area contributed by atoms with Crippen molar-refractivity contribution in [2.24, 2.45) is 23.7 Å². The number of aromatic nitrogens is 1. The van der Waals surface area contributed by atoms with Gasteiger partial charge in [-0.15, -0.1) is 0 Å². The van der Waals surface area contributed by atoms with Crippen molar-refractivity contribution in [1.29, 1.82) is 5.26 Å². The zero-order valence-electron chi connectivity index (χ0n) is 35.7. The molecule has 5 aliphatic carbocycles. The second-order valence-electron chi connectivity index (χ2n) is 19.1. The fourth-order valence-corrected chi connectivity index (χ4v) is 13.2. The van der Waals surface area contributed by atoms with E-state index in [0.29, 0.717) is 11.8 Å². The Kier molecular flexibility index (Phi) is 7.99. The summed E-state index contributed by atoms with van der Waals surface area (Å²) in [7, 11) is 0. The molecule has 3 heteroatoms. The van der Waals surface area contributed by atoms with Crippen molar-refractivity contribution in [3.8, 4) is 73.1 Å². The van der Waals surface area contributed by atoms with Gasteiger partial charge < -0.3 is 4.42 Å². The second kappa shape index (κ2) is 13.7. The molecule has 0 atom stereocenters. The van der Waals surface area contributed by atoms with Crippen molar-refractivity contribution in [2.45, 2.75) is 51.4 Å². The molecule has 1 spiro atoms. The van der Waals surface area contributed by atoms with Crippen LogP contribution >= 0.6 is 0 Å². The zero-order valence-corrected chi connectivity index (χ0v) is 35.7. The van der Waals surface area contributed by atoms with Crippen molar-refractivity contribution in [2.75, 3.05) is 0 Å².